The maximum atomic E-state index is 14.9. The Bertz CT molecular complexity index is 979. The van der Waals surface area contributed by atoms with Crippen LogP contribution in [0.25, 0.3) is 0 Å². The molecule has 0 saturated heterocycles. The van der Waals surface area contributed by atoms with Crippen LogP contribution in [0.15, 0.2) is 23.5 Å². The van der Waals surface area contributed by atoms with Crippen LogP contribution in [0.4, 0.5) is 14.5 Å². The summed E-state index contributed by atoms with van der Waals surface area (Å²) < 4.78 is 39.8. The number of aromatic nitrogens is 1. The molecular weight excluding hydrogens is 420 g/mol. The Labute approximate surface area is 186 Å². The van der Waals surface area contributed by atoms with E-state index in [1.165, 1.54) is 26.6 Å². The van der Waals surface area contributed by atoms with Crippen molar-refractivity contribution in [3.05, 3.63) is 46.8 Å². The van der Waals surface area contributed by atoms with Gasteiger partial charge in [-0.1, -0.05) is 32.9 Å². The van der Waals surface area contributed by atoms with Crippen molar-refractivity contribution < 1.29 is 28.3 Å². The predicted molar refractivity (Wildman–Crippen MR) is 118 cm³/mol. The molecule has 1 amide bonds. The molecule has 0 radical (unpaired) electrons. The zero-order chi connectivity index (χ0) is 24.1. The monoisotopic (exact) mass is 449 g/mol. The molecule has 0 atom stereocenters. The topological polar surface area (TPSA) is 84.2 Å². The fourth-order valence-corrected chi connectivity index (χ4v) is 3.72. The molecule has 1 fully saturated rings. The van der Waals surface area contributed by atoms with E-state index in [4.69, 9.17) is 14.7 Å². The van der Waals surface area contributed by atoms with Gasteiger partial charge in [-0.15, -0.1) is 0 Å². The van der Waals surface area contributed by atoms with Gasteiger partial charge in [0, 0.05) is 12.3 Å². The third-order valence-corrected chi connectivity index (χ3v) is 5.27. The van der Waals surface area contributed by atoms with Crippen molar-refractivity contribution >= 4 is 17.8 Å². The van der Waals surface area contributed by atoms with Gasteiger partial charge in [0.05, 0.1) is 38.1 Å². The molecule has 0 unspecified atom stereocenters. The molecule has 1 aliphatic carbocycles. The van der Waals surface area contributed by atoms with Crippen LogP contribution >= 0.6 is 0 Å². The first-order valence-electron chi connectivity index (χ1n) is 10.6. The van der Waals surface area contributed by atoms with Gasteiger partial charge in [0.25, 0.3) is 0 Å². The Morgan fingerprint density at radius 3 is 2.12 bits per heavy atom. The number of fused-ring (bicyclic) bond motifs is 2. The minimum Gasteiger partial charge on any atom is -0.493 e. The summed E-state index contributed by atoms with van der Waals surface area (Å²) in [6.07, 6.45) is 3.80. The van der Waals surface area contributed by atoms with E-state index in [0.29, 0.717) is 24.1 Å². The van der Waals surface area contributed by atoms with Crippen LogP contribution in [0.2, 0.25) is 0 Å². The Kier molecular flexibility index (Phi) is 8.13. The highest BCUT2D eigenvalue weighted by atomic mass is 19.1. The average Bonchev–Trinajstić information content (AvgIpc) is 3.62. The highest BCUT2D eigenvalue weighted by molar-refractivity contribution is 6.05. The summed E-state index contributed by atoms with van der Waals surface area (Å²) in [6.45, 7) is 7.95. The molecule has 1 saturated carbocycles. The zero-order valence-corrected chi connectivity index (χ0v) is 19.2. The summed E-state index contributed by atoms with van der Waals surface area (Å²) in [6, 6.07) is 2.78. The van der Waals surface area contributed by atoms with E-state index in [0.717, 1.165) is 16.5 Å². The first kappa shape index (κ1) is 25.0. The number of ether oxygens (including phenoxy) is 2. The largest absolute Gasteiger partial charge is 0.493 e. The van der Waals surface area contributed by atoms with E-state index < -0.39 is 28.6 Å². The van der Waals surface area contributed by atoms with Gasteiger partial charge >= 0.3 is 0 Å². The highest BCUT2D eigenvalue weighted by Gasteiger charge is 2.57. The third-order valence-electron chi connectivity index (χ3n) is 5.27. The number of halogens is 2. The molecule has 9 heteroatoms. The van der Waals surface area contributed by atoms with Crippen LogP contribution < -0.4 is 14.4 Å². The minimum atomic E-state index is -0.967. The Balaban J connectivity index is 0.000000860. The highest BCUT2D eigenvalue weighted by Crippen LogP contribution is 2.54. The normalized spacial score (nSPS) is 15.4. The number of carbonyl (C=O) groups excluding carboxylic acids is 1. The molecular formula is C23H29F2N3O4. The smallest absolute Gasteiger partial charge is 0.238 e. The number of oxime groups is 1. The van der Waals surface area contributed by atoms with Crippen molar-refractivity contribution in [1.29, 1.82) is 0 Å². The van der Waals surface area contributed by atoms with Crippen molar-refractivity contribution in [1.82, 2.24) is 4.98 Å². The predicted octanol–water partition coefficient (Wildman–Crippen LogP) is 4.82. The number of methoxy groups -OCH3 is 2. The van der Waals surface area contributed by atoms with E-state index in [2.05, 4.69) is 10.1 Å². The van der Waals surface area contributed by atoms with Crippen molar-refractivity contribution in [3.63, 3.8) is 0 Å². The fraction of sp³-hybridized carbons (Fsp3) is 0.435. The number of hydrogen-bond acceptors (Lipinski definition) is 6. The molecule has 4 rings (SSSR count). The molecule has 1 aliphatic heterocycles. The van der Waals surface area contributed by atoms with Gasteiger partial charge in [0.1, 0.15) is 5.69 Å². The molecule has 2 heterocycles. The number of amides is 1. The van der Waals surface area contributed by atoms with Gasteiger partial charge in [0.2, 0.25) is 5.91 Å². The average molecular weight is 449 g/mol. The zero-order valence-electron chi connectivity index (χ0n) is 19.2. The second kappa shape index (κ2) is 10.4. The van der Waals surface area contributed by atoms with E-state index in [-0.39, 0.29) is 18.0 Å². The Morgan fingerprint density at radius 2 is 1.66 bits per heavy atom. The molecule has 2 aromatic rings. The quantitative estimate of drug-likeness (QED) is 0.411. The number of hydrogen-bond donors (Lipinski definition) is 1. The van der Waals surface area contributed by atoms with Gasteiger partial charge in [-0.3, -0.25) is 9.78 Å². The van der Waals surface area contributed by atoms with Gasteiger partial charge < -0.3 is 19.6 Å². The molecule has 32 heavy (non-hydrogen) atoms. The maximum Gasteiger partial charge on any atom is 0.238 e. The van der Waals surface area contributed by atoms with Gasteiger partial charge in [-0.05, 0) is 30.0 Å². The molecule has 1 aromatic carbocycles. The molecule has 1 N–H and O–H groups in total. The van der Waals surface area contributed by atoms with Crippen LogP contribution in [0.5, 0.6) is 11.5 Å². The van der Waals surface area contributed by atoms with Crippen LogP contribution in [0.1, 0.15) is 57.4 Å². The lowest BCUT2D eigenvalue weighted by molar-refractivity contribution is -0.121. The summed E-state index contributed by atoms with van der Waals surface area (Å²) in [5, 5.41) is 11.7. The number of anilines is 1. The lowest BCUT2D eigenvalue weighted by atomic mass is 9.86. The van der Waals surface area contributed by atoms with Gasteiger partial charge in [-0.2, -0.15) is 0 Å². The van der Waals surface area contributed by atoms with Crippen LogP contribution in [0.3, 0.4) is 0 Å². The SMILES string of the molecule is CC.CC.COc1cc(OC)c(F)c(N2Cc3cnc(/C=N/O)cc3C3(CC3)C2=O)c1F. The Hall–Kier alpha value is -3.23. The van der Waals surface area contributed by atoms with E-state index in [1.54, 1.807) is 6.07 Å². The molecule has 2 aliphatic rings. The summed E-state index contributed by atoms with van der Waals surface area (Å²) in [5.74, 6) is -2.77. The van der Waals surface area contributed by atoms with Gasteiger partial charge in [0.15, 0.2) is 23.1 Å². The van der Waals surface area contributed by atoms with Crippen molar-refractivity contribution in [2.24, 2.45) is 5.16 Å². The van der Waals surface area contributed by atoms with Crippen molar-refractivity contribution in [2.45, 2.75) is 52.5 Å². The summed E-state index contributed by atoms with van der Waals surface area (Å²) in [7, 11) is 2.51. The fourth-order valence-electron chi connectivity index (χ4n) is 3.72. The molecule has 1 spiro atoms. The third kappa shape index (κ3) is 4.11. The molecule has 1 aromatic heterocycles. The van der Waals surface area contributed by atoms with E-state index in [9.17, 15) is 13.6 Å². The lowest BCUT2D eigenvalue weighted by Gasteiger charge is -2.35. The van der Waals surface area contributed by atoms with Crippen LogP contribution in [-0.2, 0) is 16.8 Å². The second-order valence-corrected chi connectivity index (χ2v) is 6.74. The molecule has 174 valence electrons. The molecule has 0 bridgehead atoms. The van der Waals surface area contributed by atoms with E-state index >= 15 is 0 Å². The van der Waals surface area contributed by atoms with E-state index in [1.807, 2.05) is 27.7 Å². The summed E-state index contributed by atoms with van der Waals surface area (Å²) in [4.78, 5) is 18.5. The minimum absolute atomic E-state index is 0.0520. The number of nitrogens with zero attached hydrogens (tertiary/aromatic N) is 3. The standard InChI is InChI=1S/C19H17F2N3O4.2C2H6/c1-27-13-6-14(28-2)16(21)17(15(13)20)24-9-10-7-22-11(8-23-26)5-12(10)19(3-4-19)18(24)25;2*1-2/h5-8,26H,3-4,9H2,1-2H3;2*1-2H3/b23-8+;;. The van der Waals surface area contributed by atoms with Crippen molar-refractivity contribution in [2.75, 3.05) is 19.1 Å². The number of rotatable bonds is 4. The van der Waals surface area contributed by atoms with Gasteiger partial charge in [-0.25, -0.2) is 8.78 Å². The number of pyridine rings is 1. The number of benzene rings is 1. The summed E-state index contributed by atoms with van der Waals surface area (Å²) >= 11 is 0. The first-order chi connectivity index (χ1) is 15.5. The number of carbonyl (C=O) groups is 1. The van der Waals surface area contributed by atoms with Crippen LogP contribution in [0, 0.1) is 11.6 Å². The Morgan fingerprint density at radius 1 is 1.09 bits per heavy atom. The maximum absolute atomic E-state index is 14.9. The molecule has 7 nitrogen and oxygen atoms in total. The first-order valence-corrected chi connectivity index (χ1v) is 10.6. The van der Waals surface area contributed by atoms with Crippen molar-refractivity contribution in [3.8, 4) is 11.5 Å². The lowest BCUT2D eigenvalue weighted by Crippen LogP contribution is -2.45. The summed E-state index contributed by atoms with van der Waals surface area (Å²) in [5.41, 5.74) is 0.458. The second-order valence-electron chi connectivity index (χ2n) is 6.74. The van der Waals surface area contributed by atoms with Crippen LogP contribution in [-0.4, -0.2) is 36.5 Å².